The monoisotopic (exact) mass is 1110 g/mol. The van der Waals surface area contributed by atoms with Crippen molar-refractivity contribution in [1.29, 1.82) is 0 Å². The van der Waals surface area contributed by atoms with Crippen molar-refractivity contribution < 1.29 is 4.42 Å². The molecule has 0 N–H and O–H groups in total. The molecule has 0 radical (unpaired) electrons. The van der Waals surface area contributed by atoms with Crippen molar-refractivity contribution in [1.82, 2.24) is 49.8 Å². The first-order valence-electron chi connectivity index (χ1n) is 28.0. The molecule has 11 aromatic rings. The van der Waals surface area contributed by atoms with Crippen LogP contribution in [0.1, 0.15) is 130 Å². The van der Waals surface area contributed by atoms with Crippen molar-refractivity contribution in [3.05, 3.63) is 189 Å². The van der Waals surface area contributed by atoms with Gasteiger partial charge in [0.15, 0.2) is 5.58 Å². The van der Waals surface area contributed by atoms with Crippen molar-refractivity contribution >= 4 is 77.3 Å². The standard InChI is InChI=1S/2C9H7N.C8H6N2.C6H5N3.C6H4N2O.C6H4N2S.6C4H10/c2*1-2-6-9-8(4-1)5-3-7-10-9;1-2-4-8-7(3-1)5-9-6-10-8;1-2-8-6-3-7-4-9-5(1)6;2*1-2-9-6-3-7-4-8-5(1)6;6*1-4(2)3/h2*1-7H;1-6H;2-4H,1H2;2*1-4H;6*4H,1-3H3. The topological polar surface area (TPSA) is 154 Å². The molecular formula is C68H93N11OS. The molecule has 0 aliphatic carbocycles. The van der Waals surface area contributed by atoms with Crippen molar-refractivity contribution in [3.63, 3.8) is 0 Å². The van der Waals surface area contributed by atoms with E-state index in [1.165, 1.54) is 17.1 Å². The molecule has 0 atom stereocenters. The first-order valence-corrected chi connectivity index (χ1v) is 28.9. The molecule has 8 aromatic heterocycles. The number of aliphatic imine (C=N–C) groups is 1. The maximum Gasteiger partial charge on any atom is 0.170 e. The number of thiophene rings is 1. The van der Waals surface area contributed by atoms with Crippen LogP contribution in [-0.4, -0.2) is 56.1 Å². The van der Waals surface area contributed by atoms with Crippen LogP contribution in [0.3, 0.4) is 0 Å². The molecule has 0 unspecified atom stereocenters. The Balaban J connectivity index is 0.000000452. The van der Waals surface area contributed by atoms with Gasteiger partial charge in [-0.15, -0.1) is 11.3 Å². The van der Waals surface area contributed by atoms with Gasteiger partial charge in [-0.05, 0) is 77.3 Å². The van der Waals surface area contributed by atoms with Crippen LogP contribution >= 0.6 is 11.3 Å². The molecule has 12 rings (SSSR count). The number of hydrogen-bond donors (Lipinski definition) is 0. The summed E-state index contributed by atoms with van der Waals surface area (Å²) in [5, 5.41) is 5.50. The van der Waals surface area contributed by atoms with E-state index in [1.807, 2.05) is 115 Å². The fraction of sp³-hybridized carbons (Fsp3) is 0.368. The predicted molar refractivity (Wildman–Crippen MR) is 349 cm³/mol. The molecule has 0 fully saturated rings. The average Bonchev–Trinajstić information content (AvgIpc) is 4.24. The smallest absolute Gasteiger partial charge is 0.170 e. The second-order valence-corrected chi connectivity index (χ2v) is 23.1. The molecule has 81 heavy (non-hydrogen) atoms. The minimum atomic E-state index is 0.734. The molecule has 3 aromatic carbocycles. The molecule has 0 saturated heterocycles. The van der Waals surface area contributed by atoms with E-state index in [0.717, 1.165) is 96.6 Å². The van der Waals surface area contributed by atoms with Crippen LogP contribution < -0.4 is 0 Å². The number of fused-ring (bicyclic) bond motifs is 6. The lowest BCUT2D eigenvalue weighted by Crippen LogP contribution is -1.84. The van der Waals surface area contributed by atoms with Gasteiger partial charge in [0.1, 0.15) is 36.5 Å². The Morgan fingerprint density at radius 1 is 0.370 bits per heavy atom. The van der Waals surface area contributed by atoms with E-state index in [2.05, 4.69) is 204 Å². The summed E-state index contributed by atoms with van der Waals surface area (Å²) in [6, 6.07) is 35.9. The second-order valence-electron chi connectivity index (χ2n) is 22.1. The van der Waals surface area contributed by atoms with E-state index in [0.29, 0.717) is 0 Å². The van der Waals surface area contributed by atoms with Crippen molar-refractivity contribution in [2.45, 2.75) is 131 Å². The zero-order chi connectivity index (χ0) is 60.2. The fourth-order valence-electron chi connectivity index (χ4n) is 5.23. The summed E-state index contributed by atoms with van der Waals surface area (Å²) in [5.41, 5.74) is 7.69. The minimum absolute atomic E-state index is 0.734. The van der Waals surface area contributed by atoms with E-state index < -0.39 is 0 Å². The molecule has 0 saturated carbocycles. The van der Waals surface area contributed by atoms with E-state index in [4.69, 9.17) is 4.42 Å². The Bertz CT molecular complexity index is 2720. The number of para-hydroxylation sites is 3. The van der Waals surface area contributed by atoms with Crippen LogP contribution in [0.25, 0.3) is 54.0 Å². The van der Waals surface area contributed by atoms with Crippen molar-refractivity contribution in [2.24, 2.45) is 40.5 Å². The lowest BCUT2D eigenvalue weighted by molar-refractivity contribution is 0.613. The quantitative estimate of drug-likeness (QED) is 0.142. The van der Waals surface area contributed by atoms with Gasteiger partial charge in [0.2, 0.25) is 0 Å². The molecule has 12 nitrogen and oxygen atoms in total. The first-order chi connectivity index (χ1) is 38.7. The van der Waals surface area contributed by atoms with Crippen molar-refractivity contribution in [2.75, 3.05) is 0 Å². The number of hydrogen-bond acceptors (Lipinski definition) is 13. The Kier molecular flexibility index (Phi) is 38.7. The van der Waals surface area contributed by atoms with Crippen LogP contribution in [0, 0.1) is 35.5 Å². The van der Waals surface area contributed by atoms with E-state index >= 15 is 0 Å². The third kappa shape index (κ3) is 37.7. The summed E-state index contributed by atoms with van der Waals surface area (Å²) in [7, 11) is 0. The SMILES string of the molecule is C1=Nc2cncnc2C1.CC(C)C.CC(C)C.CC(C)C.CC(C)C.CC(C)C.CC(C)C.c1ccc2ncccc2c1.c1ccc2ncccc2c1.c1ccc2ncncc2c1.c1ncc2occc2n1.c1ncc2sccc2n1. The van der Waals surface area contributed by atoms with Crippen LogP contribution in [0.4, 0.5) is 5.69 Å². The second kappa shape index (κ2) is 44.0. The first kappa shape index (κ1) is 71.2. The predicted octanol–water partition coefficient (Wildman–Crippen LogP) is 19.7. The maximum absolute atomic E-state index is 4.99. The molecule has 9 heterocycles. The summed E-state index contributed by atoms with van der Waals surface area (Å²) < 4.78 is 6.14. The molecule has 0 bridgehead atoms. The Morgan fingerprint density at radius 2 is 0.765 bits per heavy atom. The summed E-state index contributed by atoms with van der Waals surface area (Å²) in [5.74, 6) is 5.00. The van der Waals surface area contributed by atoms with Crippen LogP contribution in [0.2, 0.25) is 0 Å². The number of nitrogens with zero attached hydrogens (tertiary/aromatic N) is 11. The molecule has 432 valence electrons. The van der Waals surface area contributed by atoms with Gasteiger partial charge in [0.25, 0.3) is 0 Å². The van der Waals surface area contributed by atoms with E-state index in [1.54, 1.807) is 55.0 Å². The molecule has 0 spiro atoms. The molecule has 1 aliphatic rings. The number of furan rings is 1. The molecule has 13 heteroatoms. The normalized spacial score (nSPS) is 10.2. The highest BCUT2D eigenvalue weighted by atomic mass is 32.1. The van der Waals surface area contributed by atoms with E-state index in [-0.39, 0.29) is 0 Å². The van der Waals surface area contributed by atoms with Gasteiger partial charge in [-0.1, -0.05) is 191 Å². The summed E-state index contributed by atoms with van der Waals surface area (Å²) in [6.07, 6.45) is 21.1. The van der Waals surface area contributed by atoms with Crippen molar-refractivity contribution in [3.8, 4) is 0 Å². The summed E-state index contributed by atoms with van der Waals surface area (Å²) in [6.45, 7) is 39.0. The Morgan fingerprint density at radius 3 is 1.22 bits per heavy atom. The fourth-order valence-corrected chi connectivity index (χ4v) is 5.93. The van der Waals surface area contributed by atoms with Crippen LogP contribution in [0.15, 0.2) is 193 Å². The number of aromatic nitrogens is 10. The summed E-state index contributed by atoms with van der Waals surface area (Å²) >= 11 is 1.66. The Labute approximate surface area is 489 Å². The largest absolute Gasteiger partial charge is 0.461 e. The highest BCUT2D eigenvalue weighted by Crippen LogP contribution is 2.19. The lowest BCUT2D eigenvalue weighted by atomic mass is 10.2. The Hall–Kier alpha value is -7.77. The van der Waals surface area contributed by atoms with Gasteiger partial charge < -0.3 is 4.42 Å². The third-order valence-corrected chi connectivity index (χ3v) is 8.82. The van der Waals surface area contributed by atoms with Crippen LogP contribution in [-0.2, 0) is 6.42 Å². The zero-order valence-electron chi connectivity index (χ0n) is 51.8. The van der Waals surface area contributed by atoms with Gasteiger partial charge in [-0.3, -0.25) is 15.0 Å². The van der Waals surface area contributed by atoms with Gasteiger partial charge in [0.05, 0.1) is 51.1 Å². The van der Waals surface area contributed by atoms with E-state index in [9.17, 15) is 0 Å². The number of rotatable bonds is 0. The third-order valence-electron chi connectivity index (χ3n) is 7.98. The summed E-state index contributed by atoms with van der Waals surface area (Å²) in [4.78, 5) is 43.9. The van der Waals surface area contributed by atoms with Gasteiger partial charge in [-0.2, -0.15) is 0 Å². The van der Waals surface area contributed by atoms with Gasteiger partial charge in [-0.25, -0.2) is 39.9 Å². The number of benzene rings is 3. The highest BCUT2D eigenvalue weighted by Gasteiger charge is 2.05. The zero-order valence-corrected chi connectivity index (χ0v) is 52.6. The van der Waals surface area contributed by atoms with Gasteiger partial charge in [0, 0.05) is 59.6 Å². The minimum Gasteiger partial charge on any atom is -0.461 e. The lowest BCUT2D eigenvalue weighted by Gasteiger charge is -1.91. The average molecular weight is 1110 g/mol. The van der Waals surface area contributed by atoms with Gasteiger partial charge >= 0.3 is 0 Å². The molecule has 0 amide bonds. The molecular weight excluding hydrogens is 1020 g/mol. The van der Waals surface area contributed by atoms with Crippen LogP contribution in [0.5, 0.6) is 0 Å². The highest BCUT2D eigenvalue weighted by molar-refractivity contribution is 7.17. The number of pyridine rings is 2. The maximum atomic E-state index is 4.99. The molecule has 1 aliphatic heterocycles.